The number of ether oxygens (including phenoxy) is 2. The average Bonchev–Trinajstić information content (AvgIpc) is 3.41. The summed E-state index contributed by atoms with van der Waals surface area (Å²) in [7, 11) is 1.39. The predicted molar refractivity (Wildman–Crippen MR) is 145 cm³/mol. The lowest BCUT2D eigenvalue weighted by Gasteiger charge is -2.27. The Bertz CT molecular complexity index is 1470. The van der Waals surface area contributed by atoms with E-state index in [-0.39, 0.29) is 11.8 Å². The Labute approximate surface area is 223 Å². The van der Waals surface area contributed by atoms with Gasteiger partial charge < -0.3 is 14.0 Å². The van der Waals surface area contributed by atoms with E-state index in [0.29, 0.717) is 24.4 Å². The highest BCUT2D eigenvalue weighted by Gasteiger charge is 2.72. The number of rotatable bonds is 3. The van der Waals surface area contributed by atoms with Crippen molar-refractivity contribution in [3.63, 3.8) is 0 Å². The smallest absolute Gasteiger partial charge is 0.337 e. The monoisotopic (exact) mass is 517 g/mol. The third-order valence-electron chi connectivity index (χ3n) is 9.17. The first-order valence-electron chi connectivity index (χ1n) is 13.8. The number of carbonyl (C=O) groups is 2. The molecule has 2 unspecified atom stereocenters. The van der Waals surface area contributed by atoms with Crippen molar-refractivity contribution in [2.45, 2.75) is 89.7 Å². The number of nitrogens with zero attached hydrogens (tertiary/aromatic N) is 1. The van der Waals surface area contributed by atoms with Gasteiger partial charge in [0.05, 0.1) is 23.8 Å². The van der Waals surface area contributed by atoms with Crippen LogP contribution in [0, 0.1) is 11.2 Å². The summed E-state index contributed by atoms with van der Waals surface area (Å²) >= 11 is 0. The summed E-state index contributed by atoms with van der Waals surface area (Å²) in [5, 5.41) is 1.10. The second-order valence-electron chi connectivity index (χ2n) is 12.7. The molecule has 2 fully saturated rings. The Morgan fingerprint density at radius 1 is 1.05 bits per heavy atom. The van der Waals surface area contributed by atoms with Gasteiger partial charge in [-0.1, -0.05) is 32.3 Å². The van der Waals surface area contributed by atoms with Gasteiger partial charge in [0.1, 0.15) is 11.4 Å². The standard InChI is InChI=1S/C32H36FNO4/c1-30(2,3)38-29(36)32-17-31(32,4)24-16-21(33)12-14-22(24)27-26(19-9-7-6-8-10-19)23-13-11-20(28(35)37-5)15-25(23)34(27)18-32/h11-16,19H,6-10,17-18H2,1-5H3. The maximum atomic E-state index is 14.8. The summed E-state index contributed by atoms with van der Waals surface area (Å²) in [6.45, 7) is 8.13. The largest absolute Gasteiger partial charge is 0.465 e. The van der Waals surface area contributed by atoms with Crippen LogP contribution in [0.2, 0.25) is 0 Å². The molecule has 6 rings (SSSR count). The molecule has 200 valence electrons. The summed E-state index contributed by atoms with van der Waals surface area (Å²) in [5.74, 6) is -0.576. The maximum Gasteiger partial charge on any atom is 0.337 e. The molecular weight excluding hydrogens is 481 g/mol. The molecule has 0 bridgehead atoms. The minimum Gasteiger partial charge on any atom is -0.465 e. The molecule has 2 saturated carbocycles. The molecule has 0 radical (unpaired) electrons. The van der Waals surface area contributed by atoms with Gasteiger partial charge in [0.15, 0.2) is 0 Å². The van der Waals surface area contributed by atoms with E-state index in [1.807, 2.05) is 45.0 Å². The minimum absolute atomic E-state index is 0.249. The lowest BCUT2D eigenvalue weighted by Crippen LogP contribution is -2.35. The molecule has 2 atom stereocenters. The van der Waals surface area contributed by atoms with Crippen molar-refractivity contribution in [1.82, 2.24) is 4.57 Å². The van der Waals surface area contributed by atoms with Crippen LogP contribution in [0.1, 0.15) is 93.6 Å². The first-order valence-corrected chi connectivity index (χ1v) is 13.8. The van der Waals surface area contributed by atoms with Crippen LogP contribution in [0.25, 0.3) is 22.2 Å². The van der Waals surface area contributed by atoms with Gasteiger partial charge in [-0.2, -0.15) is 0 Å². The summed E-state index contributed by atoms with van der Waals surface area (Å²) < 4.78 is 28.1. The summed E-state index contributed by atoms with van der Waals surface area (Å²) in [6.07, 6.45) is 6.35. The molecule has 2 aromatic carbocycles. The van der Waals surface area contributed by atoms with Gasteiger partial charge in [-0.25, -0.2) is 9.18 Å². The van der Waals surface area contributed by atoms with Crippen molar-refractivity contribution in [2.24, 2.45) is 5.41 Å². The predicted octanol–water partition coefficient (Wildman–Crippen LogP) is 7.28. The summed E-state index contributed by atoms with van der Waals surface area (Å²) in [5.41, 5.74) is 3.53. The minimum atomic E-state index is -0.828. The fourth-order valence-corrected chi connectivity index (χ4v) is 7.21. The number of carbonyl (C=O) groups excluding carboxylic acids is 2. The zero-order valence-electron chi connectivity index (χ0n) is 22.9. The van der Waals surface area contributed by atoms with E-state index in [9.17, 15) is 14.0 Å². The van der Waals surface area contributed by atoms with E-state index in [1.54, 1.807) is 6.07 Å². The van der Waals surface area contributed by atoms with Crippen LogP contribution in [0.3, 0.4) is 0 Å². The van der Waals surface area contributed by atoms with Crippen LogP contribution in [0.4, 0.5) is 4.39 Å². The van der Waals surface area contributed by atoms with Crippen LogP contribution in [0.15, 0.2) is 36.4 Å². The van der Waals surface area contributed by atoms with Gasteiger partial charge >= 0.3 is 11.9 Å². The van der Waals surface area contributed by atoms with E-state index in [0.717, 1.165) is 40.6 Å². The van der Waals surface area contributed by atoms with Crippen molar-refractivity contribution in [1.29, 1.82) is 0 Å². The highest BCUT2D eigenvalue weighted by atomic mass is 19.1. The molecule has 2 aliphatic carbocycles. The molecule has 3 aliphatic rings. The maximum absolute atomic E-state index is 14.8. The molecule has 0 N–H and O–H groups in total. The third kappa shape index (κ3) is 3.63. The highest BCUT2D eigenvalue weighted by molar-refractivity contribution is 6.00. The van der Waals surface area contributed by atoms with Crippen molar-refractivity contribution < 1.29 is 23.5 Å². The van der Waals surface area contributed by atoms with Crippen LogP contribution in [-0.2, 0) is 26.2 Å². The molecule has 0 amide bonds. The van der Waals surface area contributed by atoms with Gasteiger partial charge in [-0.05, 0) is 87.4 Å². The molecule has 0 spiro atoms. The Balaban J connectivity index is 1.67. The van der Waals surface area contributed by atoms with Crippen molar-refractivity contribution >= 4 is 22.8 Å². The van der Waals surface area contributed by atoms with Crippen molar-refractivity contribution in [2.75, 3.05) is 7.11 Å². The number of hydrogen-bond donors (Lipinski definition) is 0. The number of hydrogen-bond acceptors (Lipinski definition) is 4. The van der Waals surface area contributed by atoms with Crippen LogP contribution < -0.4 is 0 Å². The quantitative estimate of drug-likeness (QED) is 0.343. The second kappa shape index (κ2) is 8.42. The highest BCUT2D eigenvalue weighted by Crippen LogP contribution is 2.70. The SMILES string of the molecule is COC(=O)c1ccc2c(C3CCCCC3)c3n(c2c1)CC1(C(=O)OC(C)(C)C)CC1(C)c1cc(F)ccc1-3. The summed E-state index contributed by atoms with van der Waals surface area (Å²) in [6, 6.07) is 10.8. The van der Waals surface area contributed by atoms with Crippen molar-refractivity contribution in [3.8, 4) is 11.3 Å². The van der Waals surface area contributed by atoms with Crippen LogP contribution in [0.5, 0.6) is 0 Å². The van der Waals surface area contributed by atoms with Crippen LogP contribution in [-0.4, -0.2) is 29.2 Å². The van der Waals surface area contributed by atoms with Gasteiger partial charge in [0.2, 0.25) is 0 Å². The second-order valence-corrected chi connectivity index (χ2v) is 12.7. The fraction of sp³-hybridized carbons (Fsp3) is 0.500. The van der Waals surface area contributed by atoms with E-state index < -0.39 is 22.4 Å². The molecule has 1 aliphatic heterocycles. The Hall–Kier alpha value is -3.15. The van der Waals surface area contributed by atoms with Crippen LogP contribution >= 0.6 is 0 Å². The number of aromatic nitrogens is 1. The van der Waals surface area contributed by atoms with Gasteiger partial charge in [0, 0.05) is 28.4 Å². The Morgan fingerprint density at radius 3 is 2.47 bits per heavy atom. The lowest BCUT2D eigenvalue weighted by molar-refractivity contribution is -0.163. The molecule has 2 heterocycles. The first kappa shape index (κ1) is 25.1. The molecule has 0 saturated heterocycles. The number of halogens is 1. The lowest BCUT2D eigenvalue weighted by atomic mass is 9.80. The van der Waals surface area contributed by atoms with Crippen molar-refractivity contribution in [3.05, 3.63) is 58.9 Å². The van der Waals surface area contributed by atoms with Gasteiger partial charge in [-0.3, -0.25) is 4.79 Å². The average molecular weight is 518 g/mol. The van der Waals surface area contributed by atoms with E-state index in [1.165, 1.54) is 38.0 Å². The molecular formula is C32H36FNO4. The molecule has 3 aromatic rings. The zero-order valence-corrected chi connectivity index (χ0v) is 22.9. The van der Waals surface area contributed by atoms with Gasteiger partial charge in [-0.15, -0.1) is 0 Å². The summed E-state index contributed by atoms with van der Waals surface area (Å²) in [4.78, 5) is 26.4. The molecule has 1 aromatic heterocycles. The Kier molecular flexibility index (Phi) is 5.57. The fourth-order valence-electron chi connectivity index (χ4n) is 7.21. The zero-order chi connectivity index (χ0) is 27.0. The van der Waals surface area contributed by atoms with Gasteiger partial charge in [0.25, 0.3) is 0 Å². The number of methoxy groups -OCH3 is 1. The third-order valence-corrected chi connectivity index (χ3v) is 9.17. The number of benzene rings is 2. The van der Waals surface area contributed by atoms with E-state index in [4.69, 9.17) is 9.47 Å². The topological polar surface area (TPSA) is 57.5 Å². The van der Waals surface area contributed by atoms with E-state index >= 15 is 0 Å². The number of fused-ring (bicyclic) bond motifs is 7. The molecule has 5 nitrogen and oxygen atoms in total. The number of esters is 2. The molecule has 38 heavy (non-hydrogen) atoms. The first-order chi connectivity index (χ1) is 18.0. The van der Waals surface area contributed by atoms with E-state index in [2.05, 4.69) is 11.5 Å². The molecule has 6 heteroatoms. The normalized spacial score (nSPS) is 24.7. The Morgan fingerprint density at radius 2 is 1.79 bits per heavy atom.